The number of carbonyl (C=O) groups excluding carboxylic acids is 2. The molecule has 0 radical (unpaired) electrons. The van der Waals surface area contributed by atoms with Crippen molar-refractivity contribution in [1.82, 2.24) is 9.55 Å². The monoisotopic (exact) mass is 431 g/mol. The van der Waals surface area contributed by atoms with Crippen LogP contribution in [-0.2, 0) is 11.3 Å². The van der Waals surface area contributed by atoms with Gasteiger partial charge in [0.1, 0.15) is 5.76 Å². The van der Waals surface area contributed by atoms with Gasteiger partial charge < -0.3 is 14.3 Å². The first kappa shape index (κ1) is 20.7. The lowest BCUT2D eigenvalue weighted by Crippen LogP contribution is -2.15. The van der Waals surface area contributed by atoms with E-state index < -0.39 is 0 Å². The van der Waals surface area contributed by atoms with Gasteiger partial charge in [0.15, 0.2) is 10.9 Å². The molecule has 0 fully saturated rings. The smallest absolute Gasteiger partial charge is 0.234 e. The zero-order valence-corrected chi connectivity index (χ0v) is 17.8. The second-order valence-electron chi connectivity index (χ2n) is 6.93. The normalized spacial score (nSPS) is 10.7. The molecule has 0 saturated carbocycles. The highest BCUT2D eigenvalue weighted by Gasteiger charge is 2.15. The highest BCUT2D eigenvalue weighted by molar-refractivity contribution is 7.99. The van der Waals surface area contributed by atoms with Gasteiger partial charge in [-0.05, 0) is 48.9 Å². The predicted octanol–water partition coefficient (Wildman–Crippen LogP) is 5.12. The maximum absolute atomic E-state index is 12.5. The summed E-state index contributed by atoms with van der Waals surface area (Å²) < 4.78 is 7.57. The summed E-state index contributed by atoms with van der Waals surface area (Å²) >= 11 is 1.36. The molecule has 2 aromatic heterocycles. The van der Waals surface area contributed by atoms with Gasteiger partial charge >= 0.3 is 0 Å². The van der Waals surface area contributed by atoms with Crippen LogP contribution in [0.5, 0.6) is 0 Å². The number of hydrogen-bond donors (Lipinski definition) is 1. The molecule has 2 heterocycles. The molecule has 0 bridgehead atoms. The van der Waals surface area contributed by atoms with Gasteiger partial charge in [0.25, 0.3) is 0 Å². The zero-order chi connectivity index (χ0) is 21.6. The second-order valence-corrected chi connectivity index (χ2v) is 7.87. The van der Waals surface area contributed by atoms with Crippen molar-refractivity contribution >= 4 is 29.1 Å². The number of benzene rings is 2. The standard InChI is InChI=1S/C24H21N3O3S/c1-17(28)18-9-11-20(12-10-18)26-23(29)16-31-24-25-14-22(19-6-3-2-4-7-19)27(24)15-21-8-5-13-30-21/h2-14H,15-16H2,1H3,(H,26,29). The van der Waals surface area contributed by atoms with E-state index in [9.17, 15) is 9.59 Å². The van der Waals surface area contributed by atoms with Crippen LogP contribution >= 0.6 is 11.8 Å². The molecule has 31 heavy (non-hydrogen) atoms. The fourth-order valence-electron chi connectivity index (χ4n) is 3.14. The van der Waals surface area contributed by atoms with Crippen LogP contribution in [0.15, 0.2) is 88.8 Å². The van der Waals surface area contributed by atoms with Crippen LogP contribution < -0.4 is 5.32 Å². The minimum atomic E-state index is -0.144. The van der Waals surface area contributed by atoms with E-state index in [1.807, 2.05) is 53.2 Å². The van der Waals surface area contributed by atoms with Gasteiger partial charge in [-0.25, -0.2) is 4.98 Å². The van der Waals surface area contributed by atoms with Crippen LogP contribution in [0.4, 0.5) is 5.69 Å². The number of Topliss-reactive ketones (excluding diaryl/α,β-unsaturated/α-hetero) is 1. The number of anilines is 1. The fourth-order valence-corrected chi connectivity index (χ4v) is 3.92. The molecule has 0 spiro atoms. The number of rotatable bonds is 8. The summed E-state index contributed by atoms with van der Waals surface area (Å²) in [5.41, 5.74) is 3.27. The molecule has 0 aliphatic heterocycles. The average molecular weight is 432 g/mol. The lowest BCUT2D eigenvalue weighted by atomic mass is 10.1. The number of nitrogens with one attached hydrogen (secondary N) is 1. The van der Waals surface area contributed by atoms with E-state index in [-0.39, 0.29) is 17.4 Å². The first-order valence-electron chi connectivity index (χ1n) is 9.77. The topological polar surface area (TPSA) is 77.1 Å². The Labute approximate surface area is 184 Å². The highest BCUT2D eigenvalue weighted by atomic mass is 32.2. The Balaban J connectivity index is 1.48. The molecular formula is C24H21N3O3S. The molecular weight excluding hydrogens is 410 g/mol. The molecule has 0 aliphatic carbocycles. The first-order chi connectivity index (χ1) is 15.1. The number of furan rings is 1. The lowest BCUT2D eigenvalue weighted by Gasteiger charge is -2.11. The molecule has 4 rings (SSSR count). The van der Waals surface area contributed by atoms with E-state index in [4.69, 9.17) is 4.42 Å². The minimum Gasteiger partial charge on any atom is -0.467 e. The molecule has 156 valence electrons. The van der Waals surface area contributed by atoms with Gasteiger partial charge in [-0.1, -0.05) is 42.1 Å². The molecule has 0 unspecified atom stereocenters. The van der Waals surface area contributed by atoms with Gasteiger partial charge in [0, 0.05) is 11.3 Å². The number of nitrogens with zero attached hydrogens (tertiary/aromatic N) is 2. The number of ketones is 1. The third-order valence-corrected chi connectivity index (χ3v) is 5.68. The van der Waals surface area contributed by atoms with Gasteiger partial charge in [-0.3, -0.25) is 9.59 Å². The van der Waals surface area contributed by atoms with Crippen LogP contribution in [0.3, 0.4) is 0 Å². The van der Waals surface area contributed by atoms with Crippen molar-refractivity contribution in [3.8, 4) is 11.3 Å². The molecule has 1 N–H and O–H groups in total. The van der Waals surface area contributed by atoms with Crippen LogP contribution in [0, 0.1) is 0 Å². The highest BCUT2D eigenvalue weighted by Crippen LogP contribution is 2.27. The number of amides is 1. The summed E-state index contributed by atoms with van der Waals surface area (Å²) in [6.45, 7) is 2.03. The Kier molecular flexibility index (Phi) is 6.33. The van der Waals surface area contributed by atoms with Crippen molar-refractivity contribution in [3.63, 3.8) is 0 Å². The summed E-state index contributed by atoms with van der Waals surface area (Å²) in [4.78, 5) is 28.4. The van der Waals surface area contributed by atoms with Gasteiger partial charge in [-0.15, -0.1) is 0 Å². The van der Waals surface area contributed by atoms with Gasteiger partial charge in [0.2, 0.25) is 5.91 Å². The zero-order valence-electron chi connectivity index (χ0n) is 16.9. The SMILES string of the molecule is CC(=O)c1ccc(NC(=O)CSc2ncc(-c3ccccc3)n2Cc2ccco2)cc1. The third kappa shape index (κ3) is 5.13. The molecule has 0 atom stereocenters. The van der Waals surface area contributed by atoms with Crippen molar-refractivity contribution in [2.45, 2.75) is 18.6 Å². The van der Waals surface area contributed by atoms with Crippen LogP contribution in [0.2, 0.25) is 0 Å². The van der Waals surface area contributed by atoms with E-state index in [1.54, 1.807) is 30.5 Å². The molecule has 6 nitrogen and oxygen atoms in total. The van der Waals surface area contributed by atoms with Crippen LogP contribution in [0.1, 0.15) is 23.0 Å². The van der Waals surface area contributed by atoms with E-state index >= 15 is 0 Å². The Bertz CT molecular complexity index is 1170. The van der Waals surface area contributed by atoms with Gasteiger partial charge in [0.05, 0.1) is 30.5 Å². The number of thioether (sulfide) groups is 1. The summed E-state index contributed by atoms with van der Waals surface area (Å²) in [6, 6.07) is 20.6. The molecule has 4 aromatic rings. The largest absolute Gasteiger partial charge is 0.467 e. The number of aromatic nitrogens is 2. The predicted molar refractivity (Wildman–Crippen MR) is 121 cm³/mol. The minimum absolute atomic E-state index is 0.00829. The number of hydrogen-bond acceptors (Lipinski definition) is 5. The second kappa shape index (κ2) is 9.49. The Morgan fingerprint density at radius 2 is 1.81 bits per heavy atom. The summed E-state index contributed by atoms with van der Waals surface area (Å²) in [5.74, 6) is 0.866. The van der Waals surface area contributed by atoms with E-state index in [1.165, 1.54) is 18.7 Å². The Morgan fingerprint density at radius 1 is 1.03 bits per heavy atom. The average Bonchev–Trinajstić information content (AvgIpc) is 3.44. The van der Waals surface area contributed by atoms with Crippen LogP contribution in [0.25, 0.3) is 11.3 Å². The Hall–Kier alpha value is -3.58. The molecule has 2 aromatic carbocycles. The Morgan fingerprint density at radius 3 is 2.48 bits per heavy atom. The van der Waals surface area contributed by atoms with E-state index in [2.05, 4.69) is 10.3 Å². The van der Waals surface area contributed by atoms with Crippen molar-refractivity contribution in [1.29, 1.82) is 0 Å². The van der Waals surface area contributed by atoms with Crippen molar-refractivity contribution < 1.29 is 14.0 Å². The molecule has 0 saturated heterocycles. The first-order valence-corrected chi connectivity index (χ1v) is 10.8. The molecule has 7 heteroatoms. The summed E-state index contributed by atoms with van der Waals surface area (Å²) in [6.07, 6.45) is 3.46. The molecule has 1 amide bonds. The number of imidazole rings is 1. The van der Waals surface area contributed by atoms with Gasteiger partial charge in [-0.2, -0.15) is 0 Å². The summed E-state index contributed by atoms with van der Waals surface area (Å²) in [5, 5.41) is 3.59. The van der Waals surface area contributed by atoms with Crippen molar-refractivity contribution in [2.75, 3.05) is 11.1 Å². The van der Waals surface area contributed by atoms with Crippen molar-refractivity contribution in [2.24, 2.45) is 0 Å². The van der Waals surface area contributed by atoms with Crippen molar-refractivity contribution in [3.05, 3.63) is 90.5 Å². The maximum Gasteiger partial charge on any atom is 0.234 e. The lowest BCUT2D eigenvalue weighted by molar-refractivity contribution is -0.113. The third-order valence-electron chi connectivity index (χ3n) is 4.69. The maximum atomic E-state index is 12.5. The molecule has 0 aliphatic rings. The van der Waals surface area contributed by atoms with E-state index in [0.29, 0.717) is 17.8 Å². The fraction of sp³-hybridized carbons (Fsp3) is 0.125. The quantitative estimate of drug-likeness (QED) is 0.309. The summed E-state index contributed by atoms with van der Waals surface area (Å²) in [7, 11) is 0. The number of carbonyl (C=O) groups is 2. The van der Waals surface area contributed by atoms with Crippen LogP contribution in [-0.4, -0.2) is 27.0 Å². The van der Waals surface area contributed by atoms with E-state index in [0.717, 1.165) is 22.2 Å².